The molecular formula is C20H23BrN2O4. The molecule has 4 bridgehead atoms. The number of halogens is 1. The van der Waals surface area contributed by atoms with Gasteiger partial charge in [-0.05, 0) is 62.5 Å². The van der Waals surface area contributed by atoms with Crippen LogP contribution in [0.3, 0.4) is 0 Å². The molecule has 27 heavy (non-hydrogen) atoms. The second-order valence-electron chi connectivity index (χ2n) is 8.34. The van der Waals surface area contributed by atoms with Gasteiger partial charge in [0.1, 0.15) is 0 Å². The van der Waals surface area contributed by atoms with Gasteiger partial charge < -0.3 is 4.74 Å². The molecule has 144 valence electrons. The number of esters is 1. The van der Waals surface area contributed by atoms with Crippen LogP contribution in [-0.2, 0) is 14.3 Å². The Morgan fingerprint density at radius 1 is 1.04 bits per heavy atom. The van der Waals surface area contributed by atoms with Crippen LogP contribution < -0.4 is 10.9 Å². The molecule has 0 aliphatic heterocycles. The van der Waals surface area contributed by atoms with Gasteiger partial charge in [-0.3, -0.25) is 25.2 Å². The molecule has 7 heteroatoms. The molecule has 1 aromatic carbocycles. The number of hydrogen-bond donors (Lipinski definition) is 2. The van der Waals surface area contributed by atoms with Gasteiger partial charge in [-0.1, -0.05) is 34.1 Å². The maximum Gasteiger partial charge on any atom is 0.312 e. The molecule has 1 aromatic rings. The first-order chi connectivity index (χ1) is 12.9. The molecule has 0 heterocycles. The maximum atomic E-state index is 12.8. The summed E-state index contributed by atoms with van der Waals surface area (Å²) in [6.07, 6.45) is 5.98. The number of benzene rings is 1. The van der Waals surface area contributed by atoms with Crippen molar-refractivity contribution in [1.82, 2.24) is 10.9 Å². The number of ether oxygens (including phenoxy) is 1. The van der Waals surface area contributed by atoms with Gasteiger partial charge in [-0.15, -0.1) is 0 Å². The van der Waals surface area contributed by atoms with E-state index in [1.807, 2.05) is 0 Å². The molecule has 0 spiro atoms. The molecule has 4 aliphatic carbocycles. The molecular weight excluding hydrogens is 412 g/mol. The zero-order chi connectivity index (χ0) is 19.1. The highest BCUT2D eigenvalue weighted by atomic mass is 79.9. The van der Waals surface area contributed by atoms with Gasteiger partial charge in [0.25, 0.3) is 11.8 Å². The Labute approximate surface area is 166 Å². The highest BCUT2D eigenvalue weighted by molar-refractivity contribution is 9.10. The van der Waals surface area contributed by atoms with Gasteiger partial charge in [0.2, 0.25) is 0 Å². The smallest absolute Gasteiger partial charge is 0.312 e. The molecule has 2 N–H and O–H groups in total. The number of carbonyl (C=O) groups excluding carboxylic acids is 3. The average molecular weight is 435 g/mol. The summed E-state index contributed by atoms with van der Waals surface area (Å²) >= 11 is 3.87. The highest BCUT2D eigenvalue weighted by Crippen LogP contribution is 2.64. The van der Waals surface area contributed by atoms with E-state index in [9.17, 15) is 14.4 Å². The molecule has 0 saturated heterocycles. The Kier molecular flexibility index (Phi) is 4.74. The number of alkyl halides is 1. The fourth-order valence-corrected chi connectivity index (χ4v) is 6.95. The van der Waals surface area contributed by atoms with Gasteiger partial charge in [0.15, 0.2) is 6.61 Å². The first-order valence-corrected chi connectivity index (χ1v) is 10.2. The van der Waals surface area contributed by atoms with Crippen molar-refractivity contribution in [3.8, 4) is 0 Å². The molecule has 0 radical (unpaired) electrons. The lowest BCUT2D eigenvalue weighted by Gasteiger charge is -2.58. The standard InChI is InChI=1S/C20H23BrN2O4/c21-20-9-13-6-14(10-20)8-19(7-13,12-20)18(26)27-11-16(24)22-23-17(25)15-4-2-1-3-5-15/h1-5,13-14H,6-12H2,(H,22,24)(H,23,25)/t13-,14-,19?,20?/m1/s1. The lowest BCUT2D eigenvalue weighted by Crippen LogP contribution is -2.56. The van der Waals surface area contributed by atoms with Crippen molar-refractivity contribution in [3.63, 3.8) is 0 Å². The number of hydrazine groups is 1. The Bertz CT molecular complexity index is 753. The van der Waals surface area contributed by atoms with Crippen molar-refractivity contribution in [3.05, 3.63) is 35.9 Å². The quantitative estimate of drug-likeness (QED) is 0.433. The van der Waals surface area contributed by atoms with Gasteiger partial charge in [-0.2, -0.15) is 0 Å². The summed E-state index contributed by atoms with van der Waals surface area (Å²) in [6.45, 7) is -0.389. The van der Waals surface area contributed by atoms with Crippen LogP contribution in [0.2, 0.25) is 0 Å². The monoisotopic (exact) mass is 434 g/mol. The van der Waals surface area contributed by atoms with Crippen LogP contribution in [0.15, 0.2) is 30.3 Å². The van der Waals surface area contributed by atoms with Crippen molar-refractivity contribution in [2.45, 2.75) is 42.8 Å². The van der Waals surface area contributed by atoms with E-state index in [0.717, 1.165) is 32.1 Å². The summed E-state index contributed by atoms with van der Waals surface area (Å²) in [5, 5.41) is 0. The molecule has 6 nitrogen and oxygen atoms in total. The summed E-state index contributed by atoms with van der Waals surface area (Å²) in [7, 11) is 0. The Morgan fingerprint density at radius 2 is 1.70 bits per heavy atom. The first-order valence-electron chi connectivity index (χ1n) is 9.38. The normalized spacial score (nSPS) is 33.4. The SMILES string of the molecule is O=C(COC(=O)C12C[C@H]3C[C@@H](CC(Br)(C3)C1)C2)NNC(=O)c1ccccc1. The maximum absolute atomic E-state index is 12.8. The summed E-state index contributed by atoms with van der Waals surface area (Å²) in [4.78, 5) is 36.7. The number of rotatable bonds is 4. The van der Waals surface area contributed by atoms with Gasteiger partial charge in [-0.25, -0.2) is 0 Å². The molecule has 2 atom stereocenters. The van der Waals surface area contributed by atoms with Crippen LogP contribution >= 0.6 is 15.9 Å². The minimum Gasteiger partial charge on any atom is -0.455 e. The lowest BCUT2D eigenvalue weighted by molar-refractivity contribution is -0.171. The third-order valence-corrected chi connectivity index (χ3v) is 7.04. The van der Waals surface area contributed by atoms with Gasteiger partial charge in [0.05, 0.1) is 5.41 Å². The lowest BCUT2D eigenvalue weighted by atomic mass is 9.49. The predicted octanol–water partition coefficient (Wildman–Crippen LogP) is 2.72. The third kappa shape index (κ3) is 3.74. The molecule has 5 rings (SSSR count). The largest absolute Gasteiger partial charge is 0.455 e. The van der Waals surface area contributed by atoms with Crippen LogP contribution in [-0.4, -0.2) is 28.7 Å². The van der Waals surface area contributed by atoms with E-state index < -0.39 is 17.2 Å². The zero-order valence-corrected chi connectivity index (χ0v) is 16.6. The van der Waals surface area contributed by atoms with Gasteiger partial charge in [0, 0.05) is 9.89 Å². The van der Waals surface area contributed by atoms with Crippen molar-refractivity contribution >= 4 is 33.7 Å². The van der Waals surface area contributed by atoms with E-state index in [2.05, 4.69) is 26.8 Å². The Balaban J connectivity index is 1.28. The molecule has 4 aliphatic rings. The number of nitrogens with one attached hydrogen (secondary N) is 2. The third-order valence-electron chi connectivity index (χ3n) is 6.11. The van der Waals surface area contributed by atoms with Gasteiger partial charge >= 0.3 is 5.97 Å². The molecule has 4 fully saturated rings. The minimum absolute atomic E-state index is 0.0576. The summed E-state index contributed by atoms with van der Waals surface area (Å²) in [5.41, 5.74) is 4.60. The highest BCUT2D eigenvalue weighted by Gasteiger charge is 2.60. The van der Waals surface area contributed by atoms with Crippen LogP contribution in [0, 0.1) is 17.3 Å². The van der Waals surface area contributed by atoms with E-state index >= 15 is 0 Å². The van der Waals surface area contributed by atoms with Crippen LogP contribution in [0.25, 0.3) is 0 Å². The average Bonchev–Trinajstić information content (AvgIpc) is 2.62. The second kappa shape index (κ2) is 6.93. The van der Waals surface area contributed by atoms with Crippen LogP contribution in [0.1, 0.15) is 48.9 Å². The van der Waals surface area contributed by atoms with E-state index in [1.54, 1.807) is 30.3 Å². The minimum atomic E-state index is -0.550. The number of carbonyl (C=O) groups is 3. The molecule has 2 amide bonds. The topological polar surface area (TPSA) is 84.5 Å². The van der Waals surface area contributed by atoms with E-state index in [-0.39, 0.29) is 16.9 Å². The van der Waals surface area contributed by atoms with Crippen molar-refractivity contribution in [2.24, 2.45) is 17.3 Å². The van der Waals surface area contributed by atoms with Crippen LogP contribution in [0.4, 0.5) is 0 Å². The fraction of sp³-hybridized carbons (Fsp3) is 0.550. The van der Waals surface area contributed by atoms with Crippen LogP contribution in [0.5, 0.6) is 0 Å². The fourth-order valence-electron chi connectivity index (χ4n) is 5.50. The van der Waals surface area contributed by atoms with E-state index in [0.29, 0.717) is 17.4 Å². The Morgan fingerprint density at radius 3 is 2.33 bits per heavy atom. The zero-order valence-electron chi connectivity index (χ0n) is 15.0. The predicted molar refractivity (Wildman–Crippen MR) is 102 cm³/mol. The molecule has 4 saturated carbocycles. The Hall–Kier alpha value is -1.89. The summed E-state index contributed by atoms with van der Waals surface area (Å²) in [6, 6.07) is 8.56. The number of hydrogen-bond acceptors (Lipinski definition) is 4. The van der Waals surface area contributed by atoms with Crippen molar-refractivity contribution in [2.75, 3.05) is 6.61 Å². The van der Waals surface area contributed by atoms with E-state index in [1.165, 1.54) is 6.42 Å². The van der Waals surface area contributed by atoms with Crippen molar-refractivity contribution < 1.29 is 19.1 Å². The summed E-state index contributed by atoms with van der Waals surface area (Å²) < 4.78 is 5.41. The van der Waals surface area contributed by atoms with Crippen molar-refractivity contribution in [1.29, 1.82) is 0 Å². The molecule has 0 aromatic heterocycles. The number of amides is 2. The summed E-state index contributed by atoms with van der Waals surface area (Å²) in [5.74, 6) is -0.109. The van der Waals surface area contributed by atoms with E-state index in [4.69, 9.17) is 4.74 Å². The second-order valence-corrected chi connectivity index (χ2v) is 10.0. The molecule has 0 unspecified atom stereocenters. The first kappa shape index (κ1) is 18.5.